The molecule has 2 nitrogen and oxygen atoms in total. The summed E-state index contributed by atoms with van der Waals surface area (Å²) in [6, 6.07) is 0.380. The molecule has 1 heterocycles. The minimum absolute atomic E-state index is 0.380. The van der Waals surface area contributed by atoms with Gasteiger partial charge in [-0.2, -0.15) is 11.8 Å². The molecule has 2 N–H and O–H groups in total. The van der Waals surface area contributed by atoms with Gasteiger partial charge in [-0.15, -0.1) is 0 Å². The zero-order chi connectivity index (χ0) is 10.4. The molecule has 1 saturated heterocycles. The van der Waals surface area contributed by atoms with E-state index in [4.69, 9.17) is 5.73 Å². The van der Waals surface area contributed by atoms with Crippen LogP contribution in [0.3, 0.4) is 0 Å². The molecule has 0 radical (unpaired) electrons. The number of hydrogen-bond donors (Lipinski definition) is 1. The highest BCUT2D eigenvalue weighted by atomic mass is 32.2. The molecule has 0 saturated carbocycles. The Morgan fingerprint density at radius 2 is 2.29 bits per heavy atom. The summed E-state index contributed by atoms with van der Waals surface area (Å²) >= 11 is 2.10. The maximum atomic E-state index is 5.72. The Morgan fingerprint density at radius 3 is 2.93 bits per heavy atom. The lowest BCUT2D eigenvalue weighted by molar-refractivity contribution is 0.278. The van der Waals surface area contributed by atoms with Crippen molar-refractivity contribution in [1.29, 1.82) is 0 Å². The molecule has 1 fully saturated rings. The van der Waals surface area contributed by atoms with Crippen molar-refractivity contribution in [2.45, 2.75) is 44.4 Å². The molecule has 0 aromatic heterocycles. The van der Waals surface area contributed by atoms with Crippen molar-refractivity contribution in [3.63, 3.8) is 0 Å². The van der Waals surface area contributed by atoms with E-state index in [1.807, 2.05) is 0 Å². The minimum Gasteiger partial charge on any atom is -0.328 e. The molecule has 0 spiro atoms. The van der Waals surface area contributed by atoms with Gasteiger partial charge in [0.05, 0.1) is 0 Å². The average molecular weight is 216 g/mol. The molecule has 14 heavy (non-hydrogen) atoms. The fraction of sp³-hybridized carbons (Fsp3) is 1.00. The van der Waals surface area contributed by atoms with Crippen molar-refractivity contribution >= 4 is 11.8 Å². The SMILES string of the molecule is CC(N)CCCCN1CCSC(C)C1. The van der Waals surface area contributed by atoms with E-state index in [0.29, 0.717) is 6.04 Å². The van der Waals surface area contributed by atoms with Crippen molar-refractivity contribution in [3.8, 4) is 0 Å². The quantitative estimate of drug-likeness (QED) is 0.712. The van der Waals surface area contributed by atoms with Crippen LogP contribution in [0.4, 0.5) is 0 Å². The van der Waals surface area contributed by atoms with E-state index in [9.17, 15) is 0 Å². The van der Waals surface area contributed by atoms with Gasteiger partial charge in [-0.1, -0.05) is 13.3 Å². The maximum absolute atomic E-state index is 5.72. The lowest BCUT2D eigenvalue weighted by Crippen LogP contribution is -2.37. The second-order valence-electron chi connectivity index (χ2n) is 4.46. The summed E-state index contributed by atoms with van der Waals surface area (Å²) in [5, 5.41) is 0.831. The van der Waals surface area contributed by atoms with Crippen LogP contribution in [0.5, 0.6) is 0 Å². The van der Waals surface area contributed by atoms with Gasteiger partial charge in [-0.25, -0.2) is 0 Å². The summed E-state index contributed by atoms with van der Waals surface area (Å²) in [5.74, 6) is 1.31. The lowest BCUT2D eigenvalue weighted by Gasteiger charge is -2.30. The number of nitrogens with two attached hydrogens (primary N) is 1. The van der Waals surface area contributed by atoms with Gasteiger partial charge in [0.2, 0.25) is 0 Å². The monoisotopic (exact) mass is 216 g/mol. The molecule has 2 unspecified atom stereocenters. The van der Waals surface area contributed by atoms with Crippen LogP contribution in [0.2, 0.25) is 0 Å². The molecule has 0 aromatic rings. The fourth-order valence-corrected chi connectivity index (χ4v) is 2.98. The molecule has 0 bridgehead atoms. The number of thioether (sulfide) groups is 1. The van der Waals surface area contributed by atoms with Crippen LogP contribution in [0.1, 0.15) is 33.1 Å². The molecular formula is C11H24N2S. The van der Waals surface area contributed by atoms with Crippen LogP contribution in [0.25, 0.3) is 0 Å². The Hall–Kier alpha value is 0.270. The highest BCUT2D eigenvalue weighted by molar-refractivity contribution is 7.99. The summed E-state index contributed by atoms with van der Waals surface area (Å²) in [6.07, 6.45) is 3.78. The van der Waals surface area contributed by atoms with Crippen LogP contribution >= 0.6 is 11.8 Å². The van der Waals surface area contributed by atoms with E-state index in [2.05, 4.69) is 30.5 Å². The molecule has 84 valence electrons. The molecule has 1 rings (SSSR count). The third kappa shape index (κ3) is 5.23. The van der Waals surface area contributed by atoms with Gasteiger partial charge < -0.3 is 10.6 Å². The minimum atomic E-state index is 0.380. The number of unbranched alkanes of at least 4 members (excludes halogenated alkanes) is 1. The largest absolute Gasteiger partial charge is 0.328 e. The number of rotatable bonds is 5. The normalized spacial score (nSPS) is 26.4. The predicted molar refractivity (Wildman–Crippen MR) is 65.9 cm³/mol. The Morgan fingerprint density at radius 1 is 1.50 bits per heavy atom. The predicted octanol–water partition coefficient (Wildman–Crippen LogP) is 1.94. The Kier molecular flexibility index (Phi) is 5.90. The molecule has 0 amide bonds. The van der Waals surface area contributed by atoms with E-state index >= 15 is 0 Å². The van der Waals surface area contributed by atoms with Gasteiger partial charge in [0.1, 0.15) is 0 Å². The number of hydrogen-bond acceptors (Lipinski definition) is 3. The highest BCUT2D eigenvalue weighted by Crippen LogP contribution is 2.17. The Labute approximate surface area is 92.6 Å². The first-order valence-electron chi connectivity index (χ1n) is 5.78. The van der Waals surface area contributed by atoms with Crippen LogP contribution < -0.4 is 5.73 Å². The van der Waals surface area contributed by atoms with Crippen molar-refractivity contribution in [3.05, 3.63) is 0 Å². The molecule has 3 heteroatoms. The van der Waals surface area contributed by atoms with Gasteiger partial charge in [-0.05, 0) is 26.3 Å². The summed E-state index contributed by atoms with van der Waals surface area (Å²) in [5.41, 5.74) is 5.72. The molecule has 1 aliphatic heterocycles. The van der Waals surface area contributed by atoms with Gasteiger partial charge in [0, 0.05) is 30.1 Å². The first kappa shape index (κ1) is 12.3. The van der Waals surface area contributed by atoms with E-state index in [1.54, 1.807) is 0 Å². The first-order valence-corrected chi connectivity index (χ1v) is 6.83. The first-order chi connectivity index (χ1) is 6.68. The van der Waals surface area contributed by atoms with Gasteiger partial charge >= 0.3 is 0 Å². The zero-order valence-electron chi connectivity index (χ0n) is 9.54. The third-order valence-corrected chi connectivity index (χ3v) is 3.85. The van der Waals surface area contributed by atoms with E-state index < -0.39 is 0 Å². The molecule has 1 aliphatic rings. The molecule has 0 aromatic carbocycles. The third-order valence-electron chi connectivity index (χ3n) is 2.71. The smallest absolute Gasteiger partial charge is 0.0147 e. The van der Waals surface area contributed by atoms with Crippen molar-refractivity contribution in [2.24, 2.45) is 5.73 Å². The zero-order valence-corrected chi connectivity index (χ0v) is 10.4. The van der Waals surface area contributed by atoms with Crippen LogP contribution in [-0.4, -0.2) is 41.6 Å². The van der Waals surface area contributed by atoms with E-state index in [0.717, 1.165) is 5.25 Å². The Bertz CT molecular complexity index is 150. The topological polar surface area (TPSA) is 29.3 Å². The molecule has 0 aliphatic carbocycles. The van der Waals surface area contributed by atoms with Crippen LogP contribution in [0.15, 0.2) is 0 Å². The Balaban J connectivity index is 2.00. The van der Waals surface area contributed by atoms with Crippen molar-refractivity contribution < 1.29 is 0 Å². The summed E-state index contributed by atoms with van der Waals surface area (Å²) in [7, 11) is 0. The second-order valence-corrected chi connectivity index (χ2v) is 6.00. The fourth-order valence-electron chi connectivity index (χ4n) is 1.90. The highest BCUT2D eigenvalue weighted by Gasteiger charge is 2.15. The molecular weight excluding hydrogens is 192 g/mol. The maximum Gasteiger partial charge on any atom is 0.0147 e. The van der Waals surface area contributed by atoms with Gasteiger partial charge in [0.15, 0.2) is 0 Å². The van der Waals surface area contributed by atoms with Gasteiger partial charge in [-0.3, -0.25) is 0 Å². The van der Waals surface area contributed by atoms with E-state index in [-0.39, 0.29) is 0 Å². The van der Waals surface area contributed by atoms with Crippen LogP contribution in [-0.2, 0) is 0 Å². The number of nitrogens with zero attached hydrogens (tertiary/aromatic N) is 1. The van der Waals surface area contributed by atoms with Crippen LogP contribution in [0, 0.1) is 0 Å². The van der Waals surface area contributed by atoms with Crippen molar-refractivity contribution in [2.75, 3.05) is 25.4 Å². The summed E-state index contributed by atoms with van der Waals surface area (Å²) in [6.45, 7) is 8.27. The van der Waals surface area contributed by atoms with Gasteiger partial charge in [0.25, 0.3) is 0 Å². The van der Waals surface area contributed by atoms with E-state index in [1.165, 1.54) is 44.6 Å². The van der Waals surface area contributed by atoms with Crippen molar-refractivity contribution in [1.82, 2.24) is 4.90 Å². The molecule has 2 atom stereocenters. The second kappa shape index (κ2) is 6.70. The average Bonchev–Trinajstić information content (AvgIpc) is 2.12. The summed E-state index contributed by atoms with van der Waals surface area (Å²) in [4.78, 5) is 2.60. The summed E-state index contributed by atoms with van der Waals surface area (Å²) < 4.78 is 0. The lowest BCUT2D eigenvalue weighted by atomic mass is 10.1. The standard InChI is InChI=1S/C11H24N2S/c1-10(12)5-3-4-6-13-7-8-14-11(2)9-13/h10-11H,3-9,12H2,1-2H3.